The predicted molar refractivity (Wildman–Crippen MR) is 96.1 cm³/mol. The molecule has 1 aliphatic rings. The van der Waals surface area contributed by atoms with Gasteiger partial charge in [0.1, 0.15) is 0 Å². The van der Waals surface area contributed by atoms with Gasteiger partial charge in [0.15, 0.2) is 0 Å². The summed E-state index contributed by atoms with van der Waals surface area (Å²) in [5.41, 5.74) is 1.19. The van der Waals surface area contributed by atoms with Crippen molar-refractivity contribution in [3.8, 4) is 0 Å². The zero-order chi connectivity index (χ0) is 17.5. The Labute approximate surface area is 141 Å². The molecule has 0 fully saturated rings. The van der Waals surface area contributed by atoms with Crippen LogP contribution < -0.4 is 0 Å². The maximum Gasteiger partial charge on any atom is 0.0827 e. The predicted octanol–water partition coefficient (Wildman–Crippen LogP) is 3.76. The second-order valence-corrected chi connectivity index (χ2v) is 7.51. The molecule has 0 aromatic heterocycles. The summed E-state index contributed by atoms with van der Waals surface area (Å²) in [5, 5.41) is 30.2. The zero-order valence-corrected chi connectivity index (χ0v) is 15.1. The smallest absolute Gasteiger partial charge is 0.0827 e. The van der Waals surface area contributed by atoms with E-state index < -0.39 is 11.7 Å². The third-order valence-corrected chi connectivity index (χ3v) is 4.63. The van der Waals surface area contributed by atoms with E-state index >= 15 is 0 Å². The lowest BCUT2D eigenvalue weighted by Crippen LogP contribution is -2.27. The van der Waals surface area contributed by atoms with Crippen molar-refractivity contribution in [2.75, 3.05) is 6.61 Å². The first-order valence-electron chi connectivity index (χ1n) is 8.79. The van der Waals surface area contributed by atoms with Gasteiger partial charge in [-0.3, -0.25) is 0 Å². The molecule has 3 nitrogen and oxygen atoms in total. The number of allylic oxidation sites excluding steroid dienone is 3. The van der Waals surface area contributed by atoms with Crippen LogP contribution in [0.2, 0.25) is 0 Å². The summed E-state index contributed by atoms with van der Waals surface area (Å²) < 4.78 is 0. The molecule has 3 atom stereocenters. The van der Waals surface area contributed by atoms with Crippen molar-refractivity contribution in [1.29, 1.82) is 0 Å². The average Bonchev–Trinajstić information content (AvgIpc) is 2.42. The lowest BCUT2D eigenvalue weighted by atomic mass is 9.86. The summed E-state index contributed by atoms with van der Waals surface area (Å²) in [6.45, 7) is 8.21. The largest absolute Gasteiger partial charge is 0.392 e. The van der Waals surface area contributed by atoms with E-state index in [4.69, 9.17) is 0 Å². The van der Waals surface area contributed by atoms with Crippen LogP contribution >= 0.6 is 0 Å². The van der Waals surface area contributed by atoms with Gasteiger partial charge >= 0.3 is 0 Å². The number of hydrogen-bond acceptors (Lipinski definition) is 3. The first-order valence-corrected chi connectivity index (χ1v) is 8.79. The second-order valence-electron chi connectivity index (χ2n) is 7.51. The van der Waals surface area contributed by atoms with E-state index in [0.717, 1.165) is 36.8 Å². The molecule has 0 saturated heterocycles. The molecule has 0 bridgehead atoms. The minimum atomic E-state index is -1.01. The van der Waals surface area contributed by atoms with E-state index in [9.17, 15) is 15.3 Å². The number of rotatable bonds is 2. The van der Waals surface area contributed by atoms with E-state index in [2.05, 4.69) is 26.0 Å². The van der Waals surface area contributed by atoms with Gasteiger partial charge in [0.25, 0.3) is 0 Å². The van der Waals surface area contributed by atoms with Gasteiger partial charge in [-0.05, 0) is 56.9 Å². The van der Waals surface area contributed by atoms with Gasteiger partial charge in [0.2, 0.25) is 0 Å². The first kappa shape index (κ1) is 20.1. The van der Waals surface area contributed by atoms with Crippen molar-refractivity contribution >= 4 is 0 Å². The molecule has 23 heavy (non-hydrogen) atoms. The maximum absolute atomic E-state index is 10.5. The van der Waals surface area contributed by atoms with Gasteiger partial charge in [-0.25, -0.2) is 0 Å². The topological polar surface area (TPSA) is 60.7 Å². The van der Waals surface area contributed by atoms with Crippen LogP contribution in [0, 0.1) is 11.8 Å². The van der Waals surface area contributed by atoms with E-state index in [0.29, 0.717) is 18.3 Å². The molecule has 3 heteroatoms. The second kappa shape index (κ2) is 9.41. The minimum Gasteiger partial charge on any atom is -0.392 e. The Morgan fingerprint density at radius 1 is 1.30 bits per heavy atom. The van der Waals surface area contributed by atoms with Gasteiger partial charge in [0.05, 0.1) is 18.3 Å². The number of aliphatic hydroxyl groups excluding tert-OH is 2. The van der Waals surface area contributed by atoms with E-state index in [1.54, 1.807) is 6.92 Å². The fourth-order valence-corrected chi connectivity index (χ4v) is 3.05. The summed E-state index contributed by atoms with van der Waals surface area (Å²) in [6.07, 6.45) is 11.1. The Morgan fingerprint density at radius 3 is 2.61 bits per heavy atom. The lowest BCUT2D eigenvalue weighted by Gasteiger charge is -2.24. The Kier molecular flexibility index (Phi) is 8.24. The summed E-state index contributed by atoms with van der Waals surface area (Å²) in [4.78, 5) is 0. The maximum atomic E-state index is 10.5. The van der Waals surface area contributed by atoms with Crippen LogP contribution in [0.4, 0.5) is 0 Å². The van der Waals surface area contributed by atoms with Crippen LogP contribution in [0.15, 0.2) is 35.5 Å². The van der Waals surface area contributed by atoms with E-state index in [1.165, 1.54) is 0 Å². The zero-order valence-electron chi connectivity index (χ0n) is 15.1. The molecular formula is C20H34O3. The van der Waals surface area contributed by atoms with Crippen molar-refractivity contribution in [3.05, 3.63) is 35.5 Å². The Morgan fingerprint density at radius 2 is 2.00 bits per heavy atom. The SMILES string of the molecule is C/C1=C\C(O)CC(C)(O)/C=C/C(C(C)C)CC/C(CO)=C\CC1. The van der Waals surface area contributed by atoms with Crippen LogP contribution in [-0.2, 0) is 0 Å². The third-order valence-electron chi connectivity index (χ3n) is 4.63. The molecule has 0 aromatic rings. The minimum absolute atomic E-state index is 0.109. The molecule has 1 rings (SSSR count). The molecule has 0 aromatic carbocycles. The van der Waals surface area contributed by atoms with Gasteiger partial charge in [-0.1, -0.05) is 43.7 Å². The number of aliphatic hydroxyl groups is 3. The highest BCUT2D eigenvalue weighted by Gasteiger charge is 2.22. The van der Waals surface area contributed by atoms with Crippen molar-refractivity contribution < 1.29 is 15.3 Å². The summed E-state index contributed by atoms with van der Waals surface area (Å²) in [6, 6.07) is 0. The highest BCUT2D eigenvalue weighted by atomic mass is 16.3. The highest BCUT2D eigenvalue weighted by molar-refractivity contribution is 5.11. The standard InChI is InChI=1S/C20H34O3/c1-15(2)18-9-8-17(14-21)7-5-6-16(3)12-19(22)13-20(4,23)11-10-18/h7,10-12,15,18-19,21-23H,5-6,8-9,13-14H2,1-4H3/b11-10+,16-12+,17-7+. The number of hydrogen-bond donors (Lipinski definition) is 3. The third kappa shape index (κ3) is 7.96. The highest BCUT2D eigenvalue weighted by Crippen LogP contribution is 2.25. The molecule has 1 aliphatic carbocycles. The van der Waals surface area contributed by atoms with Crippen LogP contribution in [0.1, 0.15) is 59.8 Å². The van der Waals surface area contributed by atoms with Gasteiger partial charge in [-0.2, -0.15) is 0 Å². The van der Waals surface area contributed by atoms with Crippen molar-refractivity contribution in [2.45, 2.75) is 71.5 Å². The Bertz CT molecular complexity index is 444. The van der Waals surface area contributed by atoms with E-state index in [-0.39, 0.29) is 6.61 Å². The molecule has 0 heterocycles. The molecule has 3 N–H and O–H groups in total. The quantitative estimate of drug-likeness (QED) is 0.678. The normalized spacial score (nSPS) is 37.4. The molecule has 0 saturated carbocycles. The van der Waals surface area contributed by atoms with Crippen LogP contribution in [0.5, 0.6) is 0 Å². The Balaban J connectivity index is 3.01. The van der Waals surface area contributed by atoms with Crippen LogP contribution in [0.25, 0.3) is 0 Å². The first-order chi connectivity index (χ1) is 10.7. The van der Waals surface area contributed by atoms with Gasteiger partial charge in [0, 0.05) is 6.42 Å². The molecular weight excluding hydrogens is 288 g/mol. The molecule has 0 amide bonds. The fraction of sp³-hybridized carbons (Fsp3) is 0.700. The van der Waals surface area contributed by atoms with Crippen LogP contribution in [-0.4, -0.2) is 33.6 Å². The fourth-order valence-electron chi connectivity index (χ4n) is 3.05. The summed E-state index contributed by atoms with van der Waals surface area (Å²) in [7, 11) is 0. The molecule has 0 spiro atoms. The van der Waals surface area contributed by atoms with Gasteiger partial charge < -0.3 is 15.3 Å². The average molecular weight is 322 g/mol. The van der Waals surface area contributed by atoms with Crippen molar-refractivity contribution in [2.24, 2.45) is 11.8 Å². The Hall–Kier alpha value is -0.900. The van der Waals surface area contributed by atoms with Crippen molar-refractivity contribution in [1.82, 2.24) is 0 Å². The molecule has 132 valence electrons. The lowest BCUT2D eigenvalue weighted by molar-refractivity contribution is 0.0565. The molecule has 0 radical (unpaired) electrons. The van der Waals surface area contributed by atoms with Crippen LogP contribution in [0.3, 0.4) is 0 Å². The summed E-state index contributed by atoms with van der Waals surface area (Å²) in [5.74, 6) is 0.829. The molecule has 3 unspecified atom stereocenters. The van der Waals surface area contributed by atoms with Gasteiger partial charge in [-0.15, -0.1) is 0 Å². The summed E-state index contributed by atoms with van der Waals surface area (Å²) >= 11 is 0. The van der Waals surface area contributed by atoms with E-state index in [1.807, 2.05) is 19.1 Å². The van der Waals surface area contributed by atoms with Crippen molar-refractivity contribution in [3.63, 3.8) is 0 Å². The monoisotopic (exact) mass is 322 g/mol. The molecule has 0 aliphatic heterocycles.